The van der Waals surface area contributed by atoms with E-state index >= 15 is 0 Å². The Labute approximate surface area is 173 Å². The van der Waals surface area contributed by atoms with E-state index in [1.54, 1.807) is 0 Å². The second kappa shape index (κ2) is 8.86. The number of aliphatic hydroxyl groups is 2. The zero-order valence-corrected chi connectivity index (χ0v) is 17.3. The monoisotopic (exact) mass is 368 g/mol. The fraction of sp³-hybridized carbons (Fsp3) is 0.556. The third kappa shape index (κ3) is 5.58. The van der Waals surface area contributed by atoms with Crippen LogP contribution >= 0.6 is 7.60 Å². The maximum absolute atomic E-state index is 11.6. The van der Waals surface area contributed by atoms with Crippen LogP contribution in [-0.2, 0) is 19.9 Å². The van der Waals surface area contributed by atoms with Crippen LogP contribution in [0.15, 0.2) is 21.9 Å². The minimum absolute atomic E-state index is 0. The normalized spacial score (nSPS) is 27.1. The molecule has 3 atom stereocenters. The summed E-state index contributed by atoms with van der Waals surface area (Å²) >= 11 is 0. The Kier molecular flexibility index (Phi) is 9.11. The van der Waals surface area contributed by atoms with Crippen LogP contribution < -0.4 is 80.2 Å². The number of nitrogens with one attached hydrogen (secondary N) is 1. The number of nitrogens with zero attached hydrogens (tertiary/aromatic N) is 1. The maximum atomic E-state index is 11.6. The van der Waals surface area contributed by atoms with Crippen LogP contribution in [0, 0.1) is 0 Å². The Bertz CT molecular complexity index is 688. The second-order valence-corrected chi connectivity index (χ2v) is 5.82. The van der Waals surface area contributed by atoms with Gasteiger partial charge in [-0.15, -0.1) is 0 Å². The molecule has 0 saturated carbocycles. The van der Waals surface area contributed by atoms with Crippen molar-refractivity contribution in [2.24, 2.45) is 0 Å². The predicted molar refractivity (Wildman–Crippen MR) is 60.8 cm³/mol. The molecule has 2 rings (SSSR count). The number of hydrogen-bond donors (Lipinski definition) is 3. The van der Waals surface area contributed by atoms with E-state index in [-0.39, 0.29) is 59.1 Å². The third-order valence-electron chi connectivity index (χ3n) is 2.81. The fourth-order valence-electron chi connectivity index (χ4n) is 1.83. The predicted octanol–water partition coefficient (Wildman–Crippen LogP) is -10.2. The van der Waals surface area contributed by atoms with Gasteiger partial charge in [0.2, 0.25) is 0 Å². The van der Waals surface area contributed by atoms with Gasteiger partial charge in [-0.3, -0.25) is 9.78 Å². The number of H-pyrrole nitrogens is 1. The van der Waals surface area contributed by atoms with Gasteiger partial charge in [0.25, 0.3) is 11.5 Å². The summed E-state index contributed by atoms with van der Waals surface area (Å²) in [6.07, 6.45) is -3.51. The van der Waals surface area contributed by atoms with Crippen LogP contribution in [0.1, 0.15) is 0 Å². The molecule has 1 aromatic rings. The van der Waals surface area contributed by atoms with Crippen molar-refractivity contribution in [2.75, 3.05) is 13.0 Å². The molecule has 0 amide bonds. The molecule has 1 aromatic heterocycles. The first-order valence-electron chi connectivity index (χ1n) is 5.63. The molecule has 1 aliphatic heterocycles. The van der Waals surface area contributed by atoms with Crippen molar-refractivity contribution < 1.29 is 93.2 Å². The average molecular weight is 368 g/mol. The minimum atomic E-state index is -4.96. The molecule has 0 radical (unpaired) electrons. The zero-order chi connectivity index (χ0) is 15.8. The smallest absolute Gasteiger partial charge is 0.809 e. The second-order valence-electron chi connectivity index (χ2n) is 4.34. The Morgan fingerprint density at radius 1 is 1.48 bits per heavy atom. The summed E-state index contributed by atoms with van der Waals surface area (Å²) < 4.78 is 20.5. The van der Waals surface area contributed by atoms with Crippen molar-refractivity contribution in [2.45, 2.75) is 18.1 Å². The largest absolute Gasteiger partial charge is 1.00 e. The van der Waals surface area contributed by atoms with Crippen molar-refractivity contribution in [3.05, 3.63) is 33.1 Å². The maximum Gasteiger partial charge on any atom is 1.00 e. The van der Waals surface area contributed by atoms with E-state index in [0.717, 1.165) is 12.3 Å². The minimum Gasteiger partial charge on any atom is -0.809 e. The van der Waals surface area contributed by atoms with Crippen LogP contribution in [0.2, 0.25) is 0 Å². The molecule has 3 N–H and O–H groups in total. The Morgan fingerprint density at radius 3 is 2.61 bits per heavy atom. The van der Waals surface area contributed by atoms with Gasteiger partial charge in [0, 0.05) is 12.3 Å². The van der Waals surface area contributed by atoms with Gasteiger partial charge in [0.15, 0.2) is 6.10 Å². The molecule has 118 valence electrons. The molecule has 0 spiro atoms. The Balaban J connectivity index is 0.00000242. The molecule has 14 heteroatoms. The van der Waals surface area contributed by atoms with Gasteiger partial charge in [0.1, 0.15) is 6.10 Å². The summed E-state index contributed by atoms with van der Waals surface area (Å²) in [5, 5.41) is 20.1. The van der Waals surface area contributed by atoms with Gasteiger partial charge < -0.3 is 34.0 Å². The quantitative estimate of drug-likeness (QED) is 0.344. The molecule has 0 bridgehead atoms. The zero-order valence-electron chi connectivity index (χ0n) is 12.4. The van der Waals surface area contributed by atoms with Gasteiger partial charge in [0.05, 0.1) is 13.0 Å². The van der Waals surface area contributed by atoms with E-state index in [1.807, 2.05) is 4.98 Å². The van der Waals surface area contributed by atoms with E-state index in [1.165, 1.54) is 0 Å². The van der Waals surface area contributed by atoms with Crippen LogP contribution in [-0.4, -0.2) is 44.9 Å². The molecular weight excluding hydrogens is 357 g/mol. The van der Waals surface area contributed by atoms with Crippen LogP contribution in [0.25, 0.3) is 0 Å². The Hall–Kier alpha value is 0.670. The van der Waals surface area contributed by atoms with Crippen molar-refractivity contribution in [1.29, 1.82) is 0 Å². The van der Waals surface area contributed by atoms with E-state index in [9.17, 15) is 34.2 Å². The van der Waals surface area contributed by atoms with Gasteiger partial charge >= 0.3 is 64.8 Å². The molecule has 0 aromatic carbocycles. The first-order valence-corrected chi connectivity index (χ1v) is 7.36. The topological polar surface area (TPSA) is 177 Å². The number of rotatable bonds is 4. The van der Waals surface area contributed by atoms with Gasteiger partial charge in [-0.1, -0.05) is 0 Å². The van der Waals surface area contributed by atoms with E-state index in [2.05, 4.69) is 4.74 Å². The molecule has 2 heterocycles. The standard InChI is InChI=1S/C9H13N2O9P.2Na/c12-6-1-2-11(8(14)10-6)9(15)7(13)5(3-20-9)19-4-21(16,17)18;;/h1-2,5,7,13,15H,3-4H2,(H,10,12,14)(H2,16,17,18);;/q;2*+1/p-2/t5-,7+,9?;;/m0../s1. The van der Waals surface area contributed by atoms with Gasteiger partial charge in [-0.25, -0.2) is 9.36 Å². The van der Waals surface area contributed by atoms with Crippen molar-refractivity contribution in [3.63, 3.8) is 0 Å². The number of ether oxygens (including phenoxy) is 2. The molecule has 11 nitrogen and oxygen atoms in total. The summed E-state index contributed by atoms with van der Waals surface area (Å²) in [4.78, 5) is 45.3. The molecule has 23 heavy (non-hydrogen) atoms. The van der Waals surface area contributed by atoms with Crippen molar-refractivity contribution in [1.82, 2.24) is 9.55 Å². The number of aromatic nitrogens is 2. The van der Waals surface area contributed by atoms with Crippen LogP contribution in [0.5, 0.6) is 0 Å². The number of hydrogen-bond acceptors (Lipinski definition) is 9. The molecule has 1 aliphatic rings. The van der Waals surface area contributed by atoms with E-state index in [4.69, 9.17) is 4.74 Å². The summed E-state index contributed by atoms with van der Waals surface area (Å²) in [6, 6.07) is 0.910. The SMILES string of the molecule is O=c1ccn(C2(O)OC[C@H](OCP(=O)([O-])[O-])[C@H]2O)c(=O)[nH]1.[Na+].[Na+]. The number of aromatic amines is 1. The summed E-state index contributed by atoms with van der Waals surface area (Å²) in [6.45, 7) is -0.469. The molecule has 1 saturated heterocycles. The van der Waals surface area contributed by atoms with Gasteiger partial charge in [-0.2, -0.15) is 0 Å². The van der Waals surface area contributed by atoms with Crippen molar-refractivity contribution >= 4 is 7.60 Å². The van der Waals surface area contributed by atoms with E-state index < -0.39 is 49.9 Å². The molecule has 1 fully saturated rings. The molecule has 1 unspecified atom stereocenters. The summed E-state index contributed by atoms with van der Waals surface area (Å²) in [7, 11) is -4.96. The first-order chi connectivity index (χ1) is 9.63. The number of aliphatic hydroxyl groups excluding tert-OH is 1. The van der Waals surface area contributed by atoms with Gasteiger partial charge in [-0.05, 0) is 7.60 Å². The first kappa shape index (κ1) is 23.7. The fourth-order valence-corrected chi connectivity index (χ4v) is 2.21. The van der Waals surface area contributed by atoms with Crippen LogP contribution in [0.4, 0.5) is 0 Å². The molecule has 0 aliphatic carbocycles. The van der Waals surface area contributed by atoms with E-state index in [0.29, 0.717) is 4.57 Å². The average Bonchev–Trinajstić information content (AvgIpc) is 2.63. The third-order valence-corrected chi connectivity index (χ3v) is 3.28. The van der Waals surface area contributed by atoms with Crippen molar-refractivity contribution in [3.8, 4) is 0 Å². The molecular formula is C9H11N2Na2O9P. The summed E-state index contributed by atoms with van der Waals surface area (Å²) in [5.41, 5.74) is -1.78. The summed E-state index contributed by atoms with van der Waals surface area (Å²) in [5.74, 6) is -2.55. The Morgan fingerprint density at radius 2 is 2.09 bits per heavy atom. The van der Waals surface area contributed by atoms with Crippen LogP contribution in [0.3, 0.4) is 0 Å².